The van der Waals surface area contributed by atoms with Crippen LogP contribution in [0.1, 0.15) is 24.4 Å². The van der Waals surface area contributed by atoms with E-state index in [4.69, 9.17) is 16.0 Å². The molecule has 0 aliphatic heterocycles. The van der Waals surface area contributed by atoms with Crippen molar-refractivity contribution in [2.75, 3.05) is 13.1 Å². The Morgan fingerprint density at radius 1 is 1.29 bits per heavy atom. The fraction of sp³-hybridized carbons (Fsp3) is 0.312. The van der Waals surface area contributed by atoms with E-state index in [1.54, 1.807) is 18.2 Å². The van der Waals surface area contributed by atoms with Crippen LogP contribution in [0.4, 0.5) is 0 Å². The van der Waals surface area contributed by atoms with E-state index in [0.29, 0.717) is 17.3 Å². The lowest BCUT2D eigenvalue weighted by Crippen LogP contribution is -2.38. The number of halogens is 1. The van der Waals surface area contributed by atoms with Crippen LogP contribution in [-0.4, -0.2) is 25.0 Å². The predicted molar refractivity (Wildman–Crippen MR) is 84.6 cm³/mol. The first kappa shape index (κ1) is 15.6. The first-order valence-electron chi connectivity index (χ1n) is 6.98. The second-order valence-corrected chi connectivity index (χ2v) is 5.22. The van der Waals surface area contributed by atoms with E-state index in [2.05, 4.69) is 10.6 Å². The summed E-state index contributed by atoms with van der Waals surface area (Å²) in [7, 11) is 0. The van der Waals surface area contributed by atoms with Gasteiger partial charge >= 0.3 is 0 Å². The molecule has 0 fully saturated rings. The summed E-state index contributed by atoms with van der Waals surface area (Å²) in [6.45, 7) is 5.46. The molecule has 0 saturated carbocycles. The second-order valence-electron chi connectivity index (χ2n) is 4.81. The Hall–Kier alpha value is -1.78. The van der Waals surface area contributed by atoms with Crippen LogP contribution in [0.25, 0.3) is 11.3 Å². The van der Waals surface area contributed by atoms with Gasteiger partial charge in [0.1, 0.15) is 5.76 Å². The molecule has 21 heavy (non-hydrogen) atoms. The SMILES string of the molecule is CCN[C@H](C)CNC(=O)c1ccc(-c2ccccc2Cl)o1. The van der Waals surface area contributed by atoms with Crippen LogP contribution in [0.5, 0.6) is 0 Å². The number of nitrogens with one attached hydrogen (secondary N) is 2. The van der Waals surface area contributed by atoms with Gasteiger partial charge in [-0.05, 0) is 37.7 Å². The summed E-state index contributed by atoms with van der Waals surface area (Å²) in [5, 5.41) is 6.66. The fourth-order valence-electron chi connectivity index (χ4n) is 2.02. The van der Waals surface area contributed by atoms with E-state index in [0.717, 1.165) is 12.1 Å². The minimum atomic E-state index is -0.224. The molecule has 0 unspecified atom stereocenters. The minimum Gasteiger partial charge on any atom is -0.451 e. The Morgan fingerprint density at radius 2 is 2.05 bits per heavy atom. The van der Waals surface area contributed by atoms with E-state index in [9.17, 15) is 4.79 Å². The Kier molecular flexibility index (Phi) is 5.42. The molecule has 1 amide bonds. The quantitative estimate of drug-likeness (QED) is 0.860. The number of carbonyl (C=O) groups excluding carboxylic acids is 1. The molecule has 112 valence electrons. The molecule has 0 aliphatic carbocycles. The van der Waals surface area contributed by atoms with Gasteiger partial charge in [-0.3, -0.25) is 4.79 Å². The standard InChI is InChI=1S/C16H19ClN2O2/c1-3-18-11(2)10-19-16(20)15-9-8-14(21-15)12-6-4-5-7-13(12)17/h4-9,11,18H,3,10H2,1-2H3,(H,19,20)/t11-/m1/s1. The summed E-state index contributed by atoms with van der Waals surface area (Å²) in [5.74, 6) is 0.650. The van der Waals surface area contributed by atoms with Gasteiger partial charge in [0.15, 0.2) is 5.76 Å². The van der Waals surface area contributed by atoms with Crippen molar-refractivity contribution >= 4 is 17.5 Å². The van der Waals surface area contributed by atoms with E-state index in [-0.39, 0.29) is 17.7 Å². The largest absolute Gasteiger partial charge is 0.451 e. The molecule has 0 aliphatic rings. The van der Waals surface area contributed by atoms with Crippen molar-refractivity contribution in [1.29, 1.82) is 0 Å². The third kappa shape index (κ3) is 4.09. The zero-order valence-corrected chi connectivity index (χ0v) is 12.9. The van der Waals surface area contributed by atoms with Gasteiger partial charge in [-0.1, -0.05) is 30.7 Å². The first-order valence-corrected chi connectivity index (χ1v) is 7.36. The molecule has 0 radical (unpaired) electrons. The minimum absolute atomic E-state index is 0.219. The molecule has 0 saturated heterocycles. The first-order chi connectivity index (χ1) is 10.1. The normalized spacial score (nSPS) is 12.1. The zero-order valence-electron chi connectivity index (χ0n) is 12.2. The van der Waals surface area contributed by atoms with Gasteiger partial charge in [0.05, 0.1) is 5.02 Å². The lowest BCUT2D eigenvalue weighted by Gasteiger charge is -2.12. The highest BCUT2D eigenvalue weighted by molar-refractivity contribution is 6.33. The van der Waals surface area contributed by atoms with Crippen LogP contribution in [0, 0.1) is 0 Å². The van der Waals surface area contributed by atoms with E-state index in [1.807, 2.05) is 32.0 Å². The number of furan rings is 1. The van der Waals surface area contributed by atoms with Gasteiger partial charge in [0.2, 0.25) is 0 Å². The predicted octanol–water partition coefficient (Wildman–Crippen LogP) is 3.33. The van der Waals surface area contributed by atoms with Gasteiger partial charge in [-0.15, -0.1) is 0 Å². The second kappa shape index (κ2) is 7.29. The van der Waals surface area contributed by atoms with Gasteiger partial charge in [0, 0.05) is 18.2 Å². The Morgan fingerprint density at radius 3 is 2.76 bits per heavy atom. The average molecular weight is 307 g/mol. The Balaban J connectivity index is 2.03. The molecular weight excluding hydrogens is 288 g/mol. The molecule has 0 spiro atoms. The number of likely N-dealkylation sites (N-methyl/N-ethyl adjacent to an activating group) is 1. The molecule has 1 atom stereocenters. The van der Waals surface area contributed by atoms with E-state index >= 15 is 0 Å². The molecule has 1 heterocycles. The molecule has 1 aromatic carbocycles. The molecule has 1 aromatic heterocycles. The lowest BCUT2D eigenvalue weighted by atomic mass is 10.2. The summed E-state index contributed by atoms with van der Waals surface area (Å²) in [4.78, 5) is 12.0. The van der Waals surface area contributed by atoms with Gasteiger partial charge in [-0.25, -0.2) is 0 Å². The monoisotopic (exact) mass is 306 g/mol. The smallest absolute Gasteiger partial charge is 0.287 e. The molecule has 2 aromatic rings. The van der Waals surface area contributed by atoms with Crippen molar-refractivity contribution in [1.82, 2.24) is 10.6 Å². The highest BCUT2D eigenvalue weighted by atomic mass is 35.5. The number of hydrogen-bond donors (Lipinski definition) is 2. The number of benzene rings is 1. The summed E-state index contributed by atoms with van der Waals surface area (Å²) >= 11 is 6.12. The van der Waals surface area contributed by atoms with Crippen molar-refractivity contribution in [3.8, 4) is 11.3 Å². The van der Waals surface area contributed by atoms with Crippen LogP contribution < -0.4 is 10.6 Å². The van der Waals surface area contributed by atoms with Crippen LogP contribution in [0.15, 0.2) is 40.8 Å². The third-order valence-corrected chi connectivity index (χ3v) is 3.42. The number of rotatable bonds is 6. The van der Waals surface area contributed by atoms with Gasteiger partial charge < -0.3 is 15.1 Å². The summed E-state index contributed by atoms with van der Waals surface area (Å²) < 4.78 is 5.59. The maximum absolute atomic E-state index is 12.0. The molecule has 2 rings (SSSR count). The maximum Gasteiger partial charge on any atom is 0.287 e. The third-order valence-electron chi connectivity index (χ3n) is 3.09. The van der Waals surface area contributed by atoms with E-state index < -0.39 is 0 Å². The summed E-state index contributed by atoms with van der Waals surface area (Å²) in [5.41, 5.74) is 0.777. The molecule has 4 nitrogen and oxygen atoms in total. The van der Waals surface area contributed by atoms with Crippen molar-refractivity contribution < 1.29 is 9.21 Å². The maximum atomic E-state index is 12.0. The molecular formula is C16H19ClN2O2. The summed E-state index contributed by atoms with van der Waals surface area (Å²) in [6.07, 6.45) is 0. The summed E-state index contributed by atoms with van der Waals surface area (Å²) in [6, 6.07) is 11.0. The van der Waals surface area contributed by atoms with Crippen molar-refractivity contribution in [3.05, 3.63) is 47.2 Å². The van der Waals surface area contributed by atoms with E-state index in [1.165, 1.54) is 0 Å². The molecule has 2 N–H and O–H groups in total. The van der Waals surface area contributed by atoms with Crippen LogP contribution in [0.2, 0.25) is 5.02 Å². The highest BCUT2D eigenvalue weighted by Gasteiger charge is 2.14. The lowest BCUT2D eigenvalue weighted by molar-refractivity contribution is 0.0923. The van der Waals surface area contributed by atoms with Crippen molar-refractivity contribution in [3.63, 3.8) is 0 Å². The average Bonchev–Trinajstić information content (AvgIpc) is 2.95. The fourth-order valence-corrected chi connectivity index (χ4v) is 2.25. The number of carbonyl (C=O) groups is 1. The van der Waals surface area contributed by atoms with Gasteiger partial charge in [0.25, 0.3) is 5.91 Å². The van der Waals surface area contributed by atoms with Gasteiger partial charge in [-0.2, -0.15) is 0 Å². The Labute approximate surface area is 129 Å². The van der Waals surface area contributed by atoms with Crippen molar-refractivity contribution in [2.45, 2.75) is 19.9 Å². The number of hydrogen-bond acceptors (Lipinski definition) is 3. The molecule has 5 heteroatoms. The van der Waals surface area contributed by atoms with Crippen LogP contribution in [-0.2, 0) is 0 Å². The van der Waals surface area contributed by atoms with Crippen LogP contribution in [0.3, 0.4) is 0 Å². The number of amides is 1. The Bertz CT molecular complexity index is 610. The molecule has 0 bridgehead atoms. The van der Waals surface area contributed by atoms with Crippen molar-refractivity contribution in [2.24, 2.45) is 0 Å². The topological polar surface area (TPSA) is 54.3 Å². The zero-order chi connectivity index (χ0) is 15.2. The highest BCUT2D eigenvalue weighted by Crippen LogP contribution is 2.28. The van der Waals surface area contributed by atoms with Crippen LogP contribution >= 0.6 is 11.6 Å².